The number of rotatable bonds is 3. The fraction of sp³-hybridized carbons (Fsp3) is 0.348. The number of aromatic nitrogens is 2. The molecular weight excluding hydrogens is 416 g/mol. The fourth-order valence-corrected chi connectivity index (χ4v) is 4.53. The van der Waals surface area contributed by atoms with Gasteiger partial charge in [0.1, 0.15) is 23.0 Å². The van der Waals surface area contributed by atoms with E-state index in [1.54, 1.807) is 17.2 Å². The average Bonchev–Trinajstić information content (AvgIpc) is 3.45. The van der Waals surface area contributed by atoms with Crippen molar-refractivity contribution in [3.05, 3.63) is 59.8 Å². The van der Waals surface area contributed by atoms with Gasteiger partial charge < -0.3 is 20.2 Å². The Morgan fingerprint density at radius 3 is 2.81 bits per heavy atom. The van der Waals surface area contributed by atoms with Crippen molar-refractivity contribution in [3.8, 4) is 0 Å². The number of hydrogen-bond donors (Lipinski definition) is 2. The number of hydrogen-bond acceptors (Lipinski definition) is 5. The summed E-state index contributed by atoms with van der Waals surface area (Å²) in [6.07, 6.45) is 3.16. The highest BCUT2D eigenvalue weighted by Gasteiger charge is 2.30. The van der Waals surface area contributed by atoms with Gasteiger partial charge in [-0.2, -0.15) is 0 Å². The Kier molecular flexibility index (Phi) is 5.34. The maximum Gasteiger partial charge on any atom is 0.321 e. The molecule has 1 unspecified atom stereocenters. The van der Waals surface area contributed by atoms with Gasteiger partial charge in [0, 0.05) is 31.4 Å². The van der Waals surface area contributed by atoms with E-state index in [0.717, 1.165) is 18.6 Å². The van der Waals surface area contributed by atoms with Gasteiger partial charge in [-0.15, -0.1) is 0 Å². The third-order valence-corrected chi connectivity index (χ3v) is 6.13. The van der Waals surface area contributed by atoms with Gasteiger partial charge in [0.2, 0.25) is 0 Å². The number of anilines is 2. The van der Waals surface area contributed by atoms with Crippen LogP contribution in [0, 0.1) is 11.6 Å². The predicted octanol–water partition coefficient (Wildman–Crippen LogP) is 3.85. The zero-order valence-corrected chi connectivity index (χ0v) is 17.3. The van der Waals surface area contributed by atoms with Crippen molar-refractivity contribution < 1.29 is 18.7 Å². The van der Waals surface area contributed by atoms with Gasteiger partial charge >= 0.3 is 6.03 Å². The lowest BCUT2D eigenvalue weighted by Crippen LogP contribution is -2.33. The number of halogens is 2. The maximum atomic E-state index is 14.5. The highest BCUT2D eigenvalue weighted by Crippen LogP contribution is 2.37. The van der Waals surface area contributed by atoms with E-state index < -0.39 is 17.7 Å². The molecule has 2 fully saturated rings. The number of pyridine rings is 2. The first-order valence-corrected chi connectivity index (χ1v) is 10.7. The molecule has 1 aromatic carbocycles. The van der Waals surface area contributed by atoms with Crippen LogP contribution in [0.5, 0.6) is 0 Å². The average molecular weight is 439 g/mol. The number of fused-ring (bicyclic) bond motifs is 1. The number of nitrogens with one attached hydrogen (secondary N) is 1. The van der Waals surface area contributed by atoms with Crippen molar-refractivity contribution in [2.45, 2.75) is 31.4 Å². The molecule has 2 aliphatic heterocycles. The minimum Gasteiger partial charge on any atom is -0.391 e. The van der Waals surface area contributed by atoms with Crippen LogP contribution in [0.4, 0.5) is 25.1 Å². The van der Waals surface area contributed by atoms with Crippen LogP contribution in [0.2, 0.25) is 0 Å². The predicted molar refractivity (Wildman–Crippen MR) is 116 cm³/mol. The largest absolute Gasteiger partial charge is 0.391 e. The summed E-state index contributed by atoms with van der Waals surface area (Å²) in [5.41, 5.74) is 1.96. The summed E-state index contributed by atoms with van der Waals surface area (Å²) in [5, 5.41) is 12.6. The van der Waals surface area contributed by atoms with Gasteiger partial charge in [0.25, 0.3) is 0 Å². The SMILES string of the molecule is O=C(Nc1ccnc2ccc(N3CCC[C@@H]3c3cc(F)ccc3F)nc12)N1CCC(O)C1. The number of benzene rings is 1. The van der Waals surface area contributed by atoms with Crippen molar-refractivity contribution in [1.29, 1.82) is 0 Å². The van der Waals surface area contributed by atoms with Crippen LogP contribution in [0.3, 0.4) is 0 Å². The van der Waals surface area contributed by atoms with Gasteiger partial charge in [-0.1, -0.05) is 0 Å². The normalized spacial score (nSPS) is 20.8. The third-order valence-electron chi connectivity index (χ3n) is 6.13. The van der Waals surface area contributed by atoms with E-state index in [2.05, 4.69) is 10.3 Å². The first-order chi connectivity index (χ1) is 15.5. The molecule has 0 spiro atoms. The molecule has 0 saturated carbocycles. The van der Waals surface area contributed by atoms with E-state index in [-0.39, 0.29) is 12.1 Å². The zero-order chi connectivity index (χ0) is 22.2. The van der Waals surface area contributed by atoms with Gasteiger partial charge in [0.05, 0.1) is 23.3 Å². The van der Waals surface area contributed by atoms with E-state index in [9.17, 15) is 18.7 Å². The fourth-order valence-electron chi connectivity index (χ4n) is 4.53. The van der Waals surface area contributed by atoms with E-state index in [4.69, 9.17) is 4.98 Å². The van der Waals surface area contributed by atoms with Crippen LogP contribution >= 0.6 is 0 Å². The van der Waals surface area contributed by atoms with Crippen LogP contribution in [0.15, 0.2) is 42.6 Å². The Labute approximate surface area is 183 Å². The molecule has 2 aromatic heterocycles. The van der Waals surface area contributed by atoms with Gasteiger partial charge in [0.15, 0.2) is 0 Å². The summed E-state index contributed by atoms with van der Waals surface area (Å²) >= 11 is 0. The highest BCUT2D eigenvalue weighted by atomic mass is 19.1. The number of nitrogens with zero attached hydrogens (tertiary/aromatic N) is 4. The summed E-state index contributed by atoms with van der Waals surface area (Å²) in [7, 11) is 0. The maximum absolute atomic E-state index is 14.5. The van der Waals surface area contributed by atoms with Crippen molar-refractivity contribution in [1.82, 2.24) is 14.9 Å². The van der Waals surface area contributed by atoms with Crippen molar-refractivity contribution in [2.75, 3.05) is 29.9 Å². The number of carbonyl (C=O) groups excluding carboxylic acids is 1. The molecule has 0 radical (unpaired) electrons. The van der Waals surface area contributed by atoms with Crippen molar-refractivity contribution in [3.63, 3.8) is 0 Å². The Bertz CT molecular complexity index is 1170. The molecule has 0 bridgehead atoms. The van der Waals surface area contributed by atoms with Crippen LogP contribution in [-0.2, 0) is 0 Å². The first kappa shape index (κ1) is 20.6. The van der Waals surface area contributed by atoms with Crippen LogP contribution in [0.25, 0.3) is 11.0 Å². The highest BCUT2D eigenvalue weighted by molar-refractivity contribution is 5.98. The molecule has 2 aliphatic rings. The standard InChI is InChI=1S/C23H23F2N5O2/c24-14-3-4-17(25)16(12-14)20-2-1-10-30(20)21-6-5-18-22(28-21)19(7-9-26-18)27-23(32)29-11-8-15(31)13-29/h3-7,9,12,15,20,31H,1-2,8,10-11,13H2,(H,26,27,32)/t15?,20-/m1/s1. The lowest BCUT2D eigenvalue weighted by atomic mass is 10.0. The number of carbonyl (C=O) groups is 1. The molecular formula is C23H23F2N5O2. The molecule has 3 aromatic rings. The van der Waals surface area contributed by atoms with Crippen molar-refractivity contribution in [2.24, 2.45) is 0 Å². The smallest absolute Gasteiger partial charge is 0.321 e. The minimum atomic E-state index is -0.505. The summed E-state index contributed by atoms with van der Waals surface area (Å²) < 4.78 is 28.2. The summed E-state index contributed by atoms with van der Waals surface area (Å²) in [6, 6.07) is 8.19. The first-order valence-electron chi connectivity index (χ1n) is 10.7. The summed E-state index contributed by atoms with van der Waals surface area (Å²) in [4.78, 5) is 25.2. The molecule has 4 heterocycles. The quantitative estimate of drug-likeness (QED) is 0.648. The van der Waals surface area contributed by atoms with Crippen molar-refractivity contribution >= 4 is 28.6 Å². The number of likely N-dealkylation sites (tertiary alicyclic amines) is 1. The van der Waals surface area contributed by atoms with Crippen LogP contribution in [0.1, 0.15) is 30.9 Å². The number of urea groups is 1. The number of aliphatic hydroxyl groups excluding tert-OH is 1. The molecule has 2 N–H and O–H groups in total. The molecule has 32 heavy (non-hydrogen) atoms. The van der Waals surface area contributed by atoms with E-state index >= 15 is 0 Å². The molecule has 5 rings (SSSR count). The Morgan fingerprint density at radius 1 is 1.12 bits per heavy atom. The van der Waals surface area contributed by atoms with E-state index in [0.29, 0.717) is 60.6 Å². The Hall–Kier alpha value is -3.33. The minimum absolute atomic E-state index is 0.294. The molecule has 7 nitrogen and oxygen atoms in total. The summed E-state index contributed by atoms with van der Waals surface area (Å²) in [6.45, 7) is 1.44. The molecule has 9 heteroatoms. The Balaban J connectivity index is 1.47. The zero-order valence-electron chi connectivity index (χ0n) is 17.3. The molecule has 166 valence electrons. The second-order valence-electron chi connectivity index (χ2n) is 8.23. The van der Waals surface area contributed by atoms with Gasteiger partial charge in [-0.05, 0) is 55.7 Å². The second-order valence-corrected chi connectivity index (χ2v) is 8.23. The number of amides is 2. The third kappa shape index (κ3) is 3.84. The Morgan fingerprint density at radius 2 is 2.00 bits per heavy atom. The topological polar surface area (TPSA) is 81.6 Å². The monoisotopic (exact) mass is 439 g/mol. The molecule has 2 atom stereocenters. The molecule has 2 amide bonds. The van der Waals surface area contributed by atoms with Gasteiger partial charge in [-0.3, -0.25) is 4.98 Å². The summed E-state index contributed by atoms with van der Waals surface area (Å²) in [5.74, 6) is -0.295. The van der Waals surface area contributed by atoms with E-state index in [1.807, 2.05) is 17.0 Å². The van der Waals surface area contributed by atoms with Gasteiger partial charge in [-0.25, -0.2) is 18.6 Å². The van der Waals surface area contributed by atoms with Crippen LogP contribution < -0.4 is 10.2 Å². The lowest BCUT2D eigenvalue weighted by molar-refractivity contribution is 0.176. The molecule has 2 saturated heterocycles. The second kappa shape index (κ2) is 8.31. The molecule has 0 aliphatic carbocycles. The van der Waals surface area contributed by atoms with Crippen LogP contribution in [-0.4, -0.2) is 51.7 Å². The van der Waals surface area contributed by atoms with E-state index in [1.165, 1.54) is 6.07 Å². The number of β-amino-alcohol motifs (C(OH)–C–C–N with tert-alkyl or cyclic N) is 1. The number of aliphatic hydroxyl groups is 1. The lowest BCUT2D eigenvalue weighted by Gasteiger charge is -2.27.